The number of rotatable bonds is 4. The number of Topliss-reactive ketones (excluding diaryl/α,β-unsaturated/α-hetero) is 1. The first-order chi connectivity index (χ1) is 7.95. The minimum Gasteiger partial charge on any atom is -0.342 e. The molecule has 0 fully saturated rings. The molecule has 3 nitrogen and oxygen atoms in total. The molecule has 0 aromatic heterocycles. The molecule has 0 aliphatic rings. The number of nitrogens with one attached hydrogen (secondary N) is 1. The lowest BCUT2D eigenvalue weighted by atomic mass is 10.1. The number of carbonyl (C=O) groups excluding carboxylic acids is 2. The van der Waals surface area contributed by atoms with E-state index in [1.165, 1.54) is 12.1 Å². The fourth-order valence-corrected chi connectivity index (χ4v) is 1.49. The quantitative estimate of drug-likeness (QED) is 0.901. The molecule has 1 unspecified atom stereocenters. The van der Waals surface area contributed by atoms with E-state index in [2.05, 4.69) is 5.32 Å². The Balaban J connectivity index is 2.80. The summed E-state index contributed by atoms with van der Waals surface area (Å²) in [6.07, 6.45) is 0.324. The van der Waals surface area contributed by atoms with E-state index in [1.807, 2.05) is 0 Å². The predicted molar refractivity (Wildman–Crippen MR) is 63.6 cm³/mol. The molecule has 0 saturated carbocycles. The van der Waals surface area contributed by atoms with Gasteiger partial charge in [0, 0.05) is 11.4 Å². The van der Waals surface area contributed by atoms with Crippen LogP contribution in [0.2, 0.25) is 5.02 Å². The third kappa shape index (κ3) is 3.53. The molecule has 0 bridgehead atoms. The Kier molecular flexibility index (Phi) is 4.63. The number of benzene rings is 1. The van der Waals surface area contributed by atoms with E-state index >= 15 is 0 Å². The molecule has 0 heterocycles. The lowest BCUT2D eigenvalue weighted by molar-refractivity contribution is -0.120. The van der Waals surface area contributed by atoms with Crippen molar-refractivity contribution in [3.05, 3.63) is 34.6 Å². The predicted octanol–water partition coefficient (Wildman–Crippen LogP) is 2.58. The molecule has 92 valence electrons. The van der Waals surface area contributed by atoms with Crippen LogP contribution < -0.4 is 5.32 Å². The smallest absolute Gasteiger partial charge is 0.254 e. The topological polar surface area (TPSA) is 46.2 Å². The van der Waals surface area contributed by atoms with Gasteiger partial charge in [0.15, 0.2) is 5.78 Å². The third-order valence-electron chi connectivity index (χ3n) is 2.35. The SMILES string of the molecule is CCC(=O)C(C)NC(=O)c1ccc(Cl)cc1F. The number of hydrogen-bond donors (Lipinski definition) is 1. The van der Waals surface area contributed by atoms with Crippen LogP contribution in [0.1, 0.15) is 30.6 Å². The second-order valence-corrected chi connectivity index (χ2v) is 4.08. The van der Waals surface area contributed by atoms with Gasteiger partial charge in [-0.15, -0.1) is 0 Å². The van der Waals surface area contributed by atoms with Crippen LogP contribution in [0.25, 0.3) is 0 Å². The van der Waals surface area contributed by atoms with E-state index in [1.54, 1.807) is 13.8 Å². The van der Waals surface area contributed by atoms with Crippen molar-refractivity contribution in [1.29, 1.82) is 0 Å². The molecule has 1 aromatic carbocycles. The molecule has 0 saturated heterocycles. The normalized spacial score (nSPS) is 12.0. The summed E-state index contributed by atoms with van der Waals surface area (Å²) in [5.41, 5.74) is -0.120. The Morgan fingerprint density at radius 1 is 1.47 bits per heavy atom. The summed E-state index contributed by atoms with van der Waals surface area (Å²) in [6, 6.07) is 3.15. The van der Waals surface area contributed by atoms with E-state index in [-0.39, 0.29) is 16.4 Å². The van der Waals surface area contributed by atoms with Crippen molar-refractivity contribution >= 4 is 23.3 Å². The molecule has 1 aromatic rings. The highest BCUT2D eigenvalue weighted by Gasteiger charge is 2.17. The summed E-state index contributed by atoms with van der Waals surface area (Å²) in [5, 5.41) is 2.65. The van der Waals surface area contributed by atoms with Gasteiger partial charge >= 0.3 is 0 Å². The van der Waals surface area contributed by atoms with Crippen molar-refractivity contribution in [1.82, 2.24) is 5.32 Å². The molecule has 0 aliphatic heterocycles. The lowest BCUT2D eigenvalue weighted by Gasteiger charge is -2.12. The van der Waals surface area contributed by atoms with Gasteiger partial charge in [0.2, 0.25) is 0 Å². The van der Waals surface area contributed by atoms with Crippen LogP contribution in [0.3, 0.4) is 0 Å². The molecule has 0 radical (unpaired) electrons. The zero-order valence-electron chi connectivity index (χ0n) is 9.59. The van der Waals surface area contributed by atoms with Gasteiger partial charge < -0.3 is 5.32 Å². The molecular formula is C12H13ClFNO2. The third-order valence-corrected chi connectivity index (χ3v) is 2.59. The van der Waals surface area contributed by atoms with Crippen molar-refractivity contribution < 1.29 is 14.0 Å². The standard InChI is InChI=1S/C12H13ClFNO2/c1-3-11(16)7(2)15-12(17)9-5-4-8(13)6-10(9)14/h4-7H,3H2,1-2H3,(H,15,17). The summed E-state index contributed by atoms with van der Waals surface area (Å²) in [5.74, 6) is -1.42. The number of halogens is 2. The van der Waals surface area contributed by atoms with Gasteiger partial charge in [0.1, 0.15) is 5.82 Å². The Morgan fingerprint density at radius 3 is 2.65 bits per heavy atom. The van der Waals surface area contributed by atoms with Crippen molar-refractivity contribution in [3.8, 4) is 0 Å². The summed E-state index contributed by atoms with van der Waals surface area (Å²) in [7, 11) is 0. The van der Waals surface area contributed by atoms with Gasteiger partial charge in [-0.3, -0.25) is 9.59 Å². The molecule has 1 amide bonds. The highest BCUT2D eigenvalue weighted by atomic mass is 35.5. The molecule has 5 heteroatoms. The second kappa shape index (κ2) is 5.77. The summed E-state index contributed by atoms with van der Waals surface area (Å²) >= 11 is 5.57. The Hall–Kier alpha value is -1.42. The molecule has 1 rings (SSSR count). The largest absolute Gasteiger partial charge is 0.342 e. The summed E-state index contributed by atoms with van der Waals surface area (Å²) < 4.78 is 13.4. The van der Waals surface area contributed by atoms with E-state index in [0.29, 0.717) is 6.42 Å². The first kappa shape index (κ1) is 13.6. The van der Waals surface area contributed by atoms with E-state index < -0.39 is 17.8 Å². The highest BCUT2D eigenvalue weighted by molar-refractivity contribution is 6.30. The highest BCUT2D eigenvalue weighted by Crippen LogP contribution is 2.14. The lowest BCUT2D eigenvalue weighted by Crippen LogP contribution is -2.38. The molecule has 0 aliphatic carbocycles. The maximum atomic E-state index is 13.4. The maximum absolute atomic E-state index is 13.4. The summed E-state index contributed by atoms with van der Waals surface area (Å²) in [6.45, 7) is 3.27. The van der Waals surface area contributed by atoms with Gasteiger partial charge in [-0.25, -0.2) is 4.39 Å². The van der Waals surface area contributed by atoms with E-state index in [4.69, 9.17) is 11.6 Å². The van der Waals surface area contributed by atoms with Crippen LogP contribution in [0.15, 0.2) is 18.2 Å². The average molecular weight is 258 g/mol. The molecule has 0 spiro atoms. The number of amides is 1. The first-order valence-electron chi connectivity index (χ1n) is 5.24. The van der Waals surface area contributed by atoms with Crippen LogP contribution in [-0.2, 0) is 4.79 Å². The van der Waals surface area contributed by atoms with Crippen molar-refractivity contribution in [3.63, 3.8) is 0 Å². The second-order valence-electron chi connectivity index (χ2n) is 3.64. The van der Waals surface area contributed by atoms with Crippen LogP contribution in [-0.4, -0.2) is 17.7 Å². The van der Waals surface area contributed by atoms with Gasteiger partial charge in [-0.1, -0.05) is 18.5 Å². The fourth-order valence-electron chi connectivity index (χ4n) is 1.33. The molecular weight excluding hydrogens is 245 g/mol. The van der Waals surface area contributed by atoms with E-state index in [0.717, 1.165) is 6.07 Å². The van der Waals surface area contributed by atoms with Crippen molar-refractivity contribution in [2.24, 2.45) is 0 Å². The van der Waals surface area contributed by atoms with Gasteiger partial charge in [-0.2, -0.15) is 0 Å². The van der Waals surface area contributed by atoms with Crippen LogP contribution in [0, 0.1) is 5.82 Å². The van der Waals surface area contributed by atoms with Gasteiger partial charge in [-0.05, 0) is 25.1 Å². The monoisotopic (exact) mass is 257 g/mol. The number of ketones is 1. The molecule has 1 atom stereocenters. The Bertz CT molecular complexity index is 448. The molecule has 1 N–H and O–H groups in total. The van der Waals surface area contributed by atoms with Crippen molar-refractivity contribution in [2.45, 2.75) is 26.3 Å². The fraction of sp³-hybridized carbons (Fsp3) is 0.333. The van der Waals surface area contributed by atoms with Gasteiger partial charge in [0.05, 0.1) is 11.6 Å². The molecule has 17 heavy (non-hydrogen) atoms. The zero-order valence-corrected chi connectivity index (χ0v) is 10.3. The zero-order chi connectivity index (χ0) is 13.0. The minimum atomic E-state index is -0.703. The van der Waals surface area contributed by atoms with Gasteiger partial charge in [0.25, 0.3) is 5.91 Å². The number of carbonyl (C=O) groups is 2. The van der Waals surface area contributed by atoms with E-state index in [9.17, 15) is 14.0 Å². The first-order valence-corrected chi connectivity index (χ1v) is 5.62. The minimum absolute atomic E-state index is 0.104. The Labute approximate surface area is 104 Å². The maximum Gasteiger partial charge on any atom is 0.254 e. The number of hydrogen-bond acceptors (Lipinski definition) is 2. The van der Waals surface area contributed by atoms with Crippen LogP contribution in [0.4, 0.5) is 4.39 Å². The average Bonchev–Trinajstić information content (AvgIpc) is 2.27. The summed E-state index contributed by atoms with van der Waals surface area (Å²) in [4.78, 5) is 22.9. The van der Waals surface area contributed by atoms with Crippen LogP contribution in [0.5, 0.6) is 0 Å². The Morgan fingerprint density at radius 2 is 2.12 bits per heavy atom. The van der Waals surface area contributed by atoms with Crippen LogP contribution >= 0.6 is 11.6 Å². The van der Waals surface area contributed by atoms with Crippen molar-refractivity contribution in [2.75, 3.05) is 0 Å².